The normalized spacial score (nSPS) is 13.9. The Morgan fingerprint density at radius 2 is 1.22 bits per heavy atom. The Labute approximate surface area is 289 Å². The van der Waals surface area contributed by atoms with Crippen molar-refractivity contribution >= 4 is 33.4 Å². The molecule has 9 rings (SSSR count). The molecule has 50 heavy (non-hydrogen) atoms. The van der Waals surface area contributed by atoms with Gasteiger partial charge in [-0.05, 0) is 70.3 Å². The summed E-state index contributed by atoms with van der Waals surface area (Å²) in [5.41, 5.74) is 10.6. The van der Waals surface area contributed by atoms with Gasteiger partial charge in [0.05, 0.1) is 39.6 Å². The SMILES string of the molecule is N#Cc1ccccc1-c1ccc2c(c1)c1ccccc1n2-c1cccc2c1C(=O)N(c1ccc(-c3ccccc3)cc1-c1ccccc1)C2O. The molecule has 1 aromatic heterocycles. The van der Waals surface area contributed by atoms with Crippen LogP contribution >= 0.6 is 0 Å². The number of aliphatic hydroxyl groups is 1. The lowest BCUT2D eigenvalue weighted by Gasteiger charge is -2.25. The number of aliphatic hydroxyl groups excluding tert-OH is 1. The maximum Gasteiger partial charge on any atom is 0.263 e. The molecule has 2 heterocycles. The molecular formula is C45H29N3O2. The van der Waals surface area contributed by atoms with E-state index in [-0.39, 0.29) is 5.91 Å². The van der Waals surface area contributed by atoms with Gasteiger partial charge in [-0.1, -0.05) is 121 Å². The van der Waals surface area contributed by atoms with Gasteiger partial charge in [-0.3, -0.25) is 9.69 Å². The van der Waals surface area contributed by atoms with Gasteiger partial charge in [0.25, 0.3) is 5.91 Å². The zero-order chi connectivity index (χ0) is 33.8. The van der Waals surface area contributed by atoms with Crippen molar-refractivity contribution in [2.75, 3.05) is 4.90 Å². The van der Waals surface area contributed by atoms with E-state index < -0.39 is 6.23 Å². The number of benzene rings is 7. The molecule has 0 spiro atoms. The van der Waals surface area contributed by atoms with Gasteiger partial charge in [0, 0.05) is 21.9 Å². The van der Waals surface area contributed by atoms with Crippen molar-refractivity contribution in [1.29, 1.82) is 5.26 Å². The predicted molar refractivity (Wildman–Crippen MR) is 200 cm³/mol. The highest BCUT2D eigenvalue weighted by atomic mass is 16.3. The number of amides is 1. The lowest BCUT2D eigenvalue weighted by molar-refractivity contribution is 0.0935. The summed E-state index contributed by atoms with van der Waals surface area (Å²) in [5, 5.41) is 23.8. The van der Waals surface area contributed by atoms with Gasteiger partial charge in [-0.15, -0.1) is 0 Å². The van der Waals surface area contributed by atoms with Gasteiger partial charge >= 0.3 is 0 Å². The maximum atomic E-state index is 14.8. The van der Waals surface area contributed by atoms with Crippen molar-refractivity contribution in [3.8, 4) is 45.1 Å². The molecule has 0 bridgehead atoms. The van der Waals surface area contributed by atoms with Gasteiger partial charge in [-0.2, -0.15) is 5.26 Å². The van der Waals surface area contributed by atoms with Gasteiger partial charge < -0.3 is 9.67 Å². The highest BCUT2D eigenvalue weighted by Gasteiger charge is 2.40. The molecular weight excluding hydrogens is 615 g/mol. The average Bonchev–Trinajstić information content (AvgIpc) is 3.65. The van der Waals surface area contributed by atoms with Crippen LogP contribution in [0.4, 0.5) is 5.69 Å². The van der Waals surface area contributed by atoms with Crippen molar-refractivity contribution in [1.82, 2.24) is 4.57 Å². The predicted octanol–water partition coefficient (Wildman–Crippen LogP) is 10.3. The van der Waals surface area contributed by atoms with E-state index in [2.05, 4.69) is 53.1 Å². The smallest absolute Gasteiger partial charge is 0.263 e. The molecule has 1 aliphatic heterocycles. The average molecular weight is 644 g/mol. The topological polar surface area (TPSA) is 69.3 Å². The van der Waals surface area contributed by atoms with Crippen LogP contribution in [0.5, 0.6) is 0 Å². The highest BCUT2D eigenvalue weighted by Crippen LogP contribution is 2.45. The van der Waals surface area contributed by atoms with Crippen LogP contribution in [0.25, 0.3) is 60.9 Å². The number of anilines is 1. The number of hydrogen-bond acceptors (Lipinski definition) is 3. The van der Waals surface area contributed by atoms with Crippen LogP contribution in [0.15, 0.2) is 164 Å². The van der Waals surface area contributed by atoms with Crippen LogP contribution in [-0.4, -0.2) is 15.6 Å². The van der Waals surface area contributed by atoms with E-state index >= 15 is 0 Å². The number of carbonyl (C=O) groups excluding carboxylic acids is 1. The third-order valence-electron chi connectivity index (χ3n) is 9.75. The fourth-order valence-corrected chi connectivity index (χ4v) is 7.44. The molecule has 1 aliphatic rings. The standard InChI is InChI=1S/C45H29N3O2/c46-28-33-16-7-8-17-34(33)32-23-25-41-38(27-32)35-18-9-10-20-39(35)47(41)42-21-11-19-36-43(42)45(50)48(44(36)49)40-24-22-31(29-12-3-1-4-13-29)26-37(40)30-14-5-2-6-15-30/h1-27,44,49H. The quantitative estimate of drug-likeness (QED) is 0.203. The minimum absolute atomic E-state index is 0.266. The summed E-state index contributed by atoms with van der Waals surface area (Å²) in [5.74, 6) is -0.266. The third-order valence-corrected chi connectivity index (χ3v) is 9.75. The molecule has 1 N–H and O–H groups in total. The number of aromatic nitrogens is 1. The number of para-hydroxylation sites is 1. The molecule has 1 amide bonds. The number of nitrogens with zero attached hydrogens (tertiary/aromatic N) is 3. The summed E-state index contributed by atoms with van der Waals surface area (Å²) in [6.07, 6.45) is -1.18. The lowest BCUT2D eigenvalue weighted by Crippen LogP contribution is -2.28. The number of hydrogen-bond donors (Lipinski definition) is 1. The second kappa shape index (κ2) is 11.7. The molecule has 5 heteroatoms. The van der Waals surface area contributed by atoms with E-state index in [1.54, 1.807) is 0 Å². The Balaban J connectivity index is 1.22. The summed E-state index contributed by atoms with van der Waals surface area (Å²) in [6.45, 7) is 0. The Morgan fingerprint density at radius 3 is 2.02 bits per heavy atom. The van der Waals surface area contributed by atoms with E-state index in [1.165, 1.54) is 4.90 Å². The minimum Gasteiger partial charge on any atom is -0.369 e. The fraction of sp³-hybridized carbons (Fsp3) is 0.0222. The summed E-state index contributed by atoms with van der Waals surface area (Å²) >= 11 is 0. The van der Waals surface area contributed by atoms with E-state index in [9.17, 15) is 15.2 Å². The molecule has 0 aliphatic carbocycles. The van der Waals surface area contributed by atoms with Crippen LogP contribution in [0.3, 0.4) is 0 Å². The molecule has 1 unspecified atom stereocenters. The molecule has 236 valence electrons. The number of carbonyl (C=O) groups is 1. The van der Waals surface area contributed by atoms with E-state index in [4.69, 9.17) is 0 Å². The summed E-state index contributed by atoms with van der Waals surface area (Å²) < 4.78 is 2.12. The molecule has 5 nitrogen and oxygen atoms in total. The van der Waals surface area contributed by atoms with Crippen molar-refractivity contribution in [3.05, 3.63) is 180 Å². The maximum absolute atomic E-state index is 14.8. The first kappa shape index (κ1) is 29.4. The Hall–Kier alpha value is -6.74. The molecule has 0 saturated heterocycles. The van der Waals surface area contributed by atoms with Crippen LogP contribution in [-0.2, 0) is 0 Å². The molecule has 7 aromatic carbocycles. The monoisotopic (exact) mass is 643 g/mol. The molecule has 1 atom stereocenters. The number of rotatable bonds is 5. The zero-order valence-electron chi connectivity index (χ0n) is 26.9. The van der Waals surface area contributed by atoms with Gasteiger partial charge in [0.1, 0.15) is 0 Å². The van der Waals surface area contributed by atoms with Crippen LogP contribution < -0.4 is 4.90 Å². The number of fused-ring (bicyclic) bond motifs is 4. The van der Waals surface area contributed by atoms with Crippen LogP contribution in [0, 0.1) is 11.3 Å². The van der Waals surface area contributed by atoms with Gasteiger partial charge in [0.15, 0.2) is 6.23 Å². The first-order valence-electron chi connectivity index (χ1n) is 16.5. The van der Waals surface area contributed by atoms with Gasteiger partial charge in [0.2, 0.25) is 0 Å². The highest BCUT2D eigenvalue weighted by molar-refractivity contribution is 6.17. The van der Waals surface area contributed by atoms with E-state index in [1.807, 2.05) is 121 Å². The second-order valence-electron chi connectivity index (χ2n) is 12.5. The second-order valence-corrected chi connectivity index (χ2v) is 12.5. The Bertz CT molecular complexity index is 2650. The van der Waals surface area contributed by atoms with Gasteiger partial charge in [-0.25, -0.2) is 0 Å². The third kappa shape index (κ3) is 4.55. The van der Waals surface area contributed by atoms with Crippen molar-refractivity contribution in [2.24, 2.45) is 0 Å². The first-order chi connectivity index (χ1) is 24.6. The summed E-state index contributed by atoms with van der Waals surface area (Å²) in [4.78, 5) is 16.3. The lowest BCUT2D eigenvalue weighted by atomic mass is 9.96. The Morgan fingerprint density at radius 1 is 0.540 bits per heavy atom. The van der Waals surface area contributed by atoms with E-state index in [0.717, 1.165) is 55.2 Å². The zero-order valence-corrected chi connectivity index (χ0v) is 26.9. The first-order valence-corrected chi connectivity index (χ1v) is 16.5. The fourth-order valence-electron chi connectivity index (χ4n) is 7.44. The van der Waals surface area contributed by atoms with E-state index in [0.29, 0.717) is 28.1 Å². The molecule has 0 saturated carbocycles. The van der Waals surface area contributed by atoms with Crippen molar-refractivity contribution in [2.45, 2.75) is 6.23 Å². The summed E-state index contributed by atoms with van der Waals surface area (Å²) in [6, 6.07) is 56.2. The molecule has 0 fully saturated rings. The largest absolute Gasteiger partial charge is 0.369 e. The molecule has 8 aromatic rings. The van der Waals surface area contributed by atoms with Crippen molar-refractivity contribution < 1.29 is 9.90 Å². The van der Waals surface area contributed by atoms with Crippen LogP contribution in [0.1, 0.15) is 27.7 Å². The van der Waals surface area contributed by atoms with Crippen LogP contribution in [0.2, 0.25) is 0 Å². The number of nitriles is 1. The molecule has 0 radical (unpaired) electrons. The Kier molecular flexibility index (Phi) is 6.91. The minimum atomic E-state index is -1.18. The van der Waals surface area contributed by atoms with Crippen molar-refractivity contribution in [3.63, 3.8) is 0 Å². The summed E-state index contributed by atoms with van der Waals surface area (Å²) in [7, 11) is 0.